The second-order valence-corrected chi connectivity index (χ2v) is 9.54. The van der Waals surface area contributed by atoms with Gasteiger partial charge in [-0.3, -0.25) is 14.7 Å². The first kappa shape index (κ1) is 29.9. The van der Waals surface area contributed by atoms with Crippen LogP contribution in [0.3, 0.4) is 0 Å². The number of rotatable bonds is 4. The maximum absolute atomic E-state index is 12.1. The Kier molecular flexibility index (Phi) is 12.6. The number of hydrogen-bond donors (Lipinski definition) is 0. The van der Waals surface area contributed by atoms with Gasteiger partial charge < -0.3 is 4.90 Å². The number of amides is 1. The van der Waals surface area contributed by atoms with Crippen LogP contribution >= 0.6 is 27.5 Å². The lowest BCUT2D eigenvalue weighted by atomic mass is 9.98. The molecule has 0 saturated heterocycles. The Labute approximate surface area is 219 Å². The summed E-state index contributed by atoms with van der Waals surface area (Å²) in [6, 6.07) is 5.56. The van der Waals surface area contributed by atoms with Crippen LogP contribution in [0.1, 0.15) is 50.0 Å². The summed E-state index contributed by atoms with van der Waals surface area (Å²) in [7, 11) is 5.42. The van der Waals surface area contributed by atoms with Crippen LogP contribution in [-0.2, 0) is 0 Å². The number of carbonyl (C=O) groups excluding carboxylic acids is 1. The number of hydrazone groups is 1. The van der Waals surface area contributed by atoms with Crippen molar-refractivity contribution in [1.82, 2.24) is 14.8 Å². The summed E-state index contributed by atoms with van der Waals surface area (Å²) in [6.45, 7) is 10.9. The number of likely N-dealkylation sites (N-methyl/N-ethyl adjacent to an activating group) is 1. The number of carbonyl (C=O) groups is 1. The van der Waals surface area contributed by atoms with E-state index >= 15 is 0 Å². The van der Waals surface area contributed by atoms with Crippen molar-refractivity contribution in [3.05, 3.63) is 74.9 Å². The average Bonchev–Trinajstić information content (AvgIpc) is 2.78. The van der Waals surface area contributed by atoms with Crippen molar-refractivity contribution < 1.29 is 4.79 Å². The second-order valence-electron chi connectivity index (χ2n) is 8.28. The lowest BCUT2D eigenvalue weighted by Crippen LogP contribution is -2.33. The zero-order chi connectivity index (χ0) is 24.5. The normalized spacial score (nSPS) is 20.1. The third kappa shape index (κ3) is 8.26. The lowest BCUT2D eigenvalue weighted by molar-refractivity contribution is 0.0827. The molecule has 5 nitrogen and oxygen atoms in total. The van der Waals surface area contributed by atoms with Gasteiger partial charge in [-0.15, -0.1) is 0 Å². The van der Waals surface area contributed by atoms with Crippen LogP contribution in [-0.4, -0.2) is 67.7 Å². The van der Waals surface area contributed by atoms with Crippen LogP contribution in [0.2, 0.25) is 5.02 Å². The Bertz CT molecular complexity index is 994. The molecule has 0 aromatic heterocycles. The van der Waals surface area contributed by atoms with Crippen molar-refractivity contribution in [3.8, 4) is 0 Å². The largest absolute Gasteiger partial charge is 0.345 e. The molecule has 0 fully saturated rings. The van der Waals surface area contributed by atoms with Crippen molar-refractivity contribution in [1.29, 1.82) is 0 Å². The van der Waals surface area contributed by atoms with Gasteiger partial charge in [0.15, 0.2) is 0 Å². The number of halogens is 2. The molecule has 0 unspecified atom stereocenters. The van der Waals surface area contributed by atoms with Gasteiger partial charge in [-0.1, -0.05) is 73.9 Å². The predicted octanol–water partition coefficient (Wildman–Crippen LogP) is 6.83. The Morgan fingerprint density at radius 1 is 1.29 bits per heavy atom. The van der Waals surface area contributed by atoms with E-state index in [9.17, 15) is 4.79 Å². The van der Waals surface area contributed by atoms with Gasteiger partial charge in [-0.05, 0) is 47.4 Å². The predicted molar refractivity (Wildman–Crippen MR) is 152 cm³/mol. The molecule has 34 heavy (non-hydrogen) atoms. The van der Waals surface area contributed by atoms with E-state index in [4.69, 9.17) is 11.6 Å². The maximum atomic E-state index is 12.1. The summed E-state index contributed by atoms with van der Waals surface area (Å²) >= 11 is 10.0. The topological polar surface area (TPSA) is 39.2 Å². The van der Waals surface area contributed by atoms with Gasteiger partial charge in [0.05, 0.1) is 5.70 Å². The second kappa shape index (κ2) is 14.3. The molecule has 0 bridgehead atoms. The Hall–Kier alpha value is -2.15. The van der Waals surface area contributed by atoms with Crippen molar-refractivity contribution in [2.45, 2.75) is 34.1 Å². The molecular weight excluding hydrogens is 512 g/mol. The van der Waals surface area contributed by atoms with Crippen molar-refractivity contribution in [2.24, 2.45) is 5.10 Å². The summed E-state index contributed by atoms with van der Waals surface area (Å²) < 4.78 is 0.934. The monoisotopic (exact) mass is 548 g/mol. The quantitative estimate of drug-likeness (QED) is 0.413. The molecule has 0 N–H and O–H groups in total. The first-order chi connectivity index (χ1) is 15.7. The molecule has 0 radical (unpaired) electrons. The minimum Gasteiger partial charge on any atom is -0.345 e. The van der Waals surface area contributed by atoms with Crippen LogP contribution in [0, 0.1) is 0 Å². The van der Waals surface area contributed by atoms with E-state index in [-0.39, 0.29) is 13.3 Å². The fourth-order valence-corrected chi connectivity index (χ4v) is 3.92. The first-order valence-electron chi connectivity index (χ1n) is 11.1. The van der Waals surface area contributed by atoms with E-state index in [1.165, 1.54) is 12.0 Å². The van der Waals surface area contributed by atoms with E-state index in [1.54, 1.807) is 31.3 Å². The molecule has 186 valence electrons. The summed E-state index contributed by atoms with van der Waals surface area (Å²) in [5.74, 6) is -0.0467. The SMILES string of the molecule is C.C=C1/C=C(/CN2CC=C(c3ccc(C(=O)N(C)C)cc3Cl)CC2)N(C)/N=C\C=C/1Br.CCC. The summed E-state index contributed by atoms with van der Waals surface area (Å²) in [5.41, 5.74) is 4.83. The lowest BCUT2D eigenvalue weighted by Gasteiger charge is -2.30. The Morgan fingerprint density at radius 2 is 1.97 bits per heavy atom. The van der Waals surface area contributed by atoms with Gasteiger partial charge in [0.25, 0.3) is 5.91 Å². The molecule has 0 saturated carbocycles. The third-order valence-corrected chi connectivity index (χ3v) is 6.26. The summed E-state index contributed by atoms with van der Waals surface area (Å²) in [5, 5.41) is 6.93. The molecule has 0 spiro atoms. The first-order valence-corrected chi connectivity index (χ1v) is 12.3. The highest BCUT2D eigenvalue weighted by molar-refractivity contribution is 9.12. The highest BCUT2D eigenvalue weighted by atomic mass is 79.9. The number of allylic oxidation sites excluding steroid dienone is 4. The Balaban J connectivity index is 0.00000137. The molecule has 7 heteroatoms. The molecule has 2 aliphatic heterocycles. The minimum atomic E-state index is -0.0467. The zero-order valence-electron chi connectivity index (χ0n) is 20.2. The summed E-state index contributed by atoms with van der Waals surface area (Å²) in [4.78, 5) is 16.1. The molecule has 0 aliphatic carbocycles. The van der Waals surface area contributed by atoms with Crippen LogP contribution < -0.4 is 0 Å². The van der Waals surface area contributed by atoms with E-state index in [0.717, 1.165) is 47.4 Å². The third-order valence-electron chi connectivity index (χ3n) is 5.17. The molecule has 1 aromatic rings. The van der Waals surface area contributed by atoms with Crippen molar-refractivity contribution in [3.63, 3.8) is 0 Å². The maximum Gasteiger partial charge on any atom is 0.253 e. The smallest absolute Gasteiger partial charge is 0.253 e. The Morgan fingerprint density at radius 3 is 2.53 bits per heavy atom. The molecule has 2 aliphatic rings. The van der Waals surface area contributed by atoms with Crippen LogP contribution in [0.25, 0.3) is 5.57 Å². The van der Waals surface area contributed by atoms with Crippen LogP contribution in [0.5, 0.6) is 0 Å². The number of hydrogen-bond acceptors (Lipinski definition) is 4. The fraction of sp³-hybridized carbons (Fsp3) is 0.407. The molecule has 1 amide bonds. The van der Waals surface area contributed by atoms with E-state index in [2.05, 4.69) is 58.5 Å². The van der Waals surface area contributed by atoms with Gasteiger partial charge in [-0.25, -0.2) is 0 Å². The molecule has 3 rings (SSSR count). The van der Waals surface area contributed by atoms with Crippen LogP contribution in [0.4, 0.5) is 0 Å². The van der Waals surface area contributed by atoms with Gasteiger partial charge in [0, 0.05) is 62.1 Å². The minimum absolute atomic E-state index is 0. The zero-order valence-corrected chi connectivity index (χ0v) is 22.6. The van der Waals surface area contributed by atoms with Gasteiger partial charge in [0.2, 0.25) is 0 Å². The highest BCUT2D eigenvalue weighted by Crippen LogP contribution is 2.30. The fourth-order valence-electron chi connectivity index (χ4n) is 3.39. The van der Waals surface area contributed by atoms with Gasteiger partial charge >= 0.3 is 0 Å². The highest BCUT2D eigenvalue weighted by Gasteiger charge is 2.19. The number of benzene rings is 1. The van der Waals surface area contributed by atoms with Crippen molar-refractivity contribution >= 4 is 45.2 Å². The summed E-state index contributed by atoms with van der Waals surface area (Å²) in [6.07, 6.45) is 10.1. The van der Waals surface area contributed by atoms with Gasteiger partial charge in [-0.2, -0.15) is 5.10 Å². The van der Waals surface area contributed by atoms with Crippen LogP contribution in [0.15, 0.2) is 63.9 Å². The van der Waals surface area contributed by atoms with E-state index in [0.29, 0.717) is 10.6 Å². The molecular formula is C27H38BrClN4O. The number of nitrogens with zero attached hydrogens (tertiary/aromatic N) is 4. The van der Waals surface area contributed by atoms with E-state index < -0.39 is 0 Å². The average molecular weight is 550 g/mol. The standard InChI is InChI=1S/C23H26BrClN4O.C3H8.CH4/c1-16-13-19(28(4)26-10-7-21(16)24)15-29-11-8-17(9-12-29)20-6-5-18(14-22(20)25)23(30)27(2)3;1-3-2;/h5-8,10,13-14H,1,9,11-12,15H2,2-4H3;3H2,1-2H3;1H4/b19-13-,21-7+,26-10-;;. The molecule has 2 heterocycles. The van der Waals surface area contributed by atoms with Gasteiger partial charge in [0.1, 0.15) is 0 Å². The molecule has 0 atom stereocenters. The van der Waals surface area contributed by atoms with Crippen molar-refractivity contribution in [2.75, 3.05) is 40.8 Å². The van der Waals surface area contributed by atoms with E-state index in [1.807, 2.05) is 30.3 Å². The molecule has 1 aromatic carbocycles.